The Kier molecular flexibility index (Phi) is 4.85. The van der Waals surface area contributed by atoms with E-state index in [1.165, 1.54) is 6.07 Å². The van der Waals surface area contributed by atoms with Gasteiger partial charge in [-0.2, -0.15) is 0 Å². The molecule has 0 saturated heterocycles. The number of rotatable bonds is 3. The van der Waals surface area contributed by atoms with Crippen molar-refractivity contribution in [2.24, 2.45) is 5.73 Å². The van der Waals surface area contributed by atoms with Crippen LogP contribution >= 0.6 is 39.1 Å². The van der Waals surface area contributed by atoms with E-state index < -0.39 is 0 Å². The molecule has 0 bridgehead atoms. The molecule has 1 nitrogen and oxygen atoms in total. The van der Waals surface area contributed by atoms with Crippen LogP contribution in [-0.4, -0.2) is 0 Å². The Labute approximate surface area is 129 Å². The van der Waals surface area contributed by atoms with Gasteiger partial charge < -0.3 is 5.73 Å². The Morgan fingerprint density at radius 1 is 1.16 bits per heavy atom. The van der Waals surface area contributed by atoms with Gasteiger partial charge in [0.1, 0.15) is 5.82 Å². The van der Waals surface area contributed by atoms with E-state index in [9.17, 15) is 4.39 Å². The zero-order valence-corrected chi connectivity index (χ0v) is 12.9. The van der Waals surface area contributed by atoms with Crippen molar-refractivity contribution < 1.29 is 4.39 Å². The van der Waals surface area contributed by atoms with Gasteiger partial charge >= 0.3 is 0 Å². The first kappa shape index (κ1) is 14.8. The third-order valence-electron chi connectivity index (χ3n) is 2.78. The summed E-state index contributed by atoms with van der Waals surface area (Å²) in [6.45, 7) is 0. The van der Waals surface area contributed by atoms with Crippen LogP contribution in [0.1, 0.15) is 17.2 Å². The first-order chi connectivity index (χ1) is 8.97. The molecule has 100 valence electrons. The highest BCUT2D eigenvalue weighted by Crippen LogP contribution is 2.27. The number of halogens is 4. The Morgan fingerprint density at radius 3 is 2.42 bits per heavy atom. The lowest BCUT2D eigenvalue weighted by Gasteiger charge is -2.14. The molecule has 1 atom stereocenters. The molecular weight excluding hydrogens is 352 g/mol. The minimum absolute atomic E-state index is 0.297. The zero-order chi connectivity index (χ0) is 14.0. The van der Waals surface area contributed by atoms with Crippen molar-refractivity contribution in [2.75, 3.05) is 0 Å². The molecule has 0 spiro atoms. The molecule has 0 aliphatic rings. The molecule has 0 radical (unpaired) electrons. The number of hydrogen-bond acceptors (Lipinski definition) is 1. The van der Waals surface area contributed by atoms with Crippen molar-refractivity contribution >= 4 is 39.1 Å². The maximum absolute atomic E-state index is 13.4. The Balaban J connectivity index is 2.25. The third kappa shape index (κ3) is 3.69. The average Bonchev–Trinajstić information content (AvgIpc) is 2.33. The third-order valence-corrected chi connectivity index (χ3v) is 4.11. The lowest BCUT2D eigenvalue weighted by molar-refractivity contribution is 0.614. The molecule has 0 heterocycles. The van der Waals surface area contributed by atoms with Crippen LogP contribution in [0.2, 0.25) is 10.0 Å². The largest absolute Gasteiger partial charge is 0.324 e. The predicted octanol–water partition coefficient (Wildman–Crippen LogP) is 5.14. The normalized spacial score (nSPS) is 12.5. The lowest BCUT2D eigenvalue weighted by atomic mass is 10.00. The summed E-state index contributed by atoms with van der Waals surface area (Å²) in [4.78, 5) is 0. The standard InChI is InChI=1S/C14H11BrCl2FN/c15-14-8(2-1-3-12(14)18)6-13(19)9-4-10(16)7-11(17)5-9/h1-5,7,13H,6,19H2. The summed E-state index contributed by atoms with van der Waals surface area (Å²) in [5.74, 6) is -0.297. The molecule has 0 aromatic heterocycles. The molecule has 1 unspecified atom stereocenters. The molecule has 0 fully saturated rings. The molecular formula is C14H11BrCl2FN. The zero-order valence-electron chi connectivity index (χ0n) is 9.84. The highest BCUT2D eigenvalue weighted by molar-refractivity contribution is 9.10. The lowest BCUT2D eigenvalue weighted by Crippen LogP contribution is -2.14. The van der Waals surface area contributed by atoms with Crippen LogP contribution < -0.4 is 5.73 Å². The van der Waals surface area contributed by atoms with E-state index in [0.29, 0.717) is 20.9 Å². The first-order valence-corrected chi connectivity index (χ1v) is 7.16. The number of hydrogen-bond donors (Lipinski definition) is 1. The highest BCUT2D eigenvalue weighted by atomic mass is 79.9. The molecule has 2 aromatic carbocycles. The molecule has 0 amide bonds. The summed E-state index contributed by atoms with van der Waals surface area (Å²) >= 11 is 15.1. The van der Waals surface area contributed by atoms with Gasteiger partial charge in [0.05, 0.1) is 4.47 Å². The van der Waals surface area contributed by atoms with Gasteiger partial charge in [0, 0.05) is 16.1 Å². The predicted molar refractivity (Wildman–Crippen MR) is 81.2 cm³/mol. The van der Waals surface area contributed by atoms with Crippen molar-refractivity contribution in [1.29, 1.82) is 0 Å². The topological polar surface area (TPSA) is 26.0 Å². The van der Waals surface area contributed by atoms with Gasteiger partial charge in [-0.15, -0.1) is 0 Å². The fourth-order valence-corrected chi connectivity index (χ4v) is 2.82. The van der Waals surface area contributed by atoms with Gasteiger partial charge in [-0.1, -0.05) is 35.3 Å². The minimum atomic E-state index is -0.297. The van der Waals surface area contributed by atoms with Crippen LogP contribution in [0.15, 0.2) is 40.9 Å². The van der Waals surface area contributed by atoms with E-state index in [2.05, 4.69) is 15.9 Å². The second-order valence-electron chi connectivity index (χ2n) is 4.23. The van der Waals surface area contributed by atoms with Crippen LogP contribution in [0.5, 0.6) is 0 Å². The van der Waals surface area contributed by atoms with Crippen LogP contribution in [0, 0.1) is 5.82 Å². The quantitative estimate of drug-likeness (QED) is 0.803. The van der Waals surface area contributed by atoms with Crippen molar-refractivity contribution in [3.8, 4) is 0 Å². The summed E-state index contributed by atoms with van der Waals surface area (Å²) in [5.41, 5.74) is 7.76. The molecule has 2 N–H and O–H groups in total. The summed E-state index contributed by atoms with van der Waals surface area (Å²) in [7, 11) is 0. The Bertz CT molecular complexity index is 584. The fraction of sp³-hybridized carbons (Fsp3) is 0.143. The van der Waals surface area contributed by atoms with Gasteiger partial charge in [-0.05, 0) is 57.7 Å². The molecule has 2 rings (SSSR count). The van der Waals surface area contributed by atoms with E-state index in [0.717, 1.165) is 11.1 Å². The van der Waals surface area contributed by atoms with Crippen molar-refractivity contribution in [3.63, 3.8) is 0 Å². The van der Waals surface area contributed by atoms with E-state index in [-0.39, 0.29) is 11.9 Å². The van der Waals surface area contributed by atoms with E-state index in [4.69, 9.17) is 28.9 Å². The van der Waals surface area contributed by atoms with Crippen LogP contribution in [0.4, 0.5) is 4.39 Å². The van der Waals surface area contributed by atoms with E-state index in [1.807, 2.05) is 6.07 Å². The molecule has 0 aliphatic carbocycles. The van der Waals surface area contributed by atoms with Crippen LogP contribution in [0.25, 0.3) is 0 Å². The van der Waals surface area contributed by atoms with Crippen molar-refractivity contribution in [2.45, 2.75) is 12.5 Å². The molecule has 2 aromatic rings. The van der Waals surface area contributed by atoms with Gasteiger partial charge in [0.25, 0.3) is 0 Å². The Hall–Kier alpha value is -0.610. The van der Waals surface area contributed by atoms with Crippen LogP contribution in [-0.2, 0) is 6.42 Å². The van der Waals surface area contributed by atoms with Crippen LogP contribution in [0.3, 0.4) is 0 Å². The number of benzene rings is 2. The maximum atomic E-state index is 13.4. The summed E-state index contributed by atoms with van der Waals surface area (Å²) in [6, 6.07) is 9.78. The summed E-state index contributed by atoms with van der Waals surface area (Å²) < 4.78 is 13.9. The summed E-state index contributed by atoms with van der Waals surface area (Å²) in [5, 5.41) is 1.08. The van der Waals surface area contributed by atoms with Gasteiger partial charge in [0.2, 0.25) is 0 Å². The Morgan fingerprint density at radius 2 is 1.79 bits per heavy atom. The van der Waals surface area contributed by atoms with E-state index in [1.54, 1.807) is 24.3 Å². The van der Waals surface area contributed by atoms with Crippen molar-refractivity contribution in [1.82, 2.24) is 0 Å². The van der Waals surface area contributed by atoms with Crippen molar-refractivity contribution in [3.05, 3.63) is 67.9 Å². The second-order valence-corrected chi connectivity index (χ2v) is 5.89. The molecule has 19 heavy (non-hydrogen) atoms. The van der Waals surface area contributed by atoms with E-state index >= 15 is 0 Å². The molecule has 5 heteroatoms. The SMILES string of the molecule is NC(Cc1cccc(F)c1Br)c1cc(Cl)cc(Cl)c1. The maximum Gasteiger partial charge on any atom is 0.137 e. The summed E-state index contributed by atoms with van der Waals surface area (Å²) in [6.07, 6.45) is 0.495. The smallest absolute Gasteiger partial charge is 0.137 e. The monoisotopic (exact) mass is 361 g/mol. The molecule has 0 saturated carbocycles. The minimum Gasteiger partial charge on any atom is -0.324 e. The van der Waals surface area contributed by atoms with Gasteiger partial charge in [-0.3, -0.25) is 0 Å². The number of nitrogens with two attached hydrogens (primary N) is 1. The highest BCUT2D eigenvalue weighted by Gasteiger charge is 2.12. The average molecular weight is 363 g/mol. The van der Waals surface area contributed by atoms with Gasteiger partial charge in [-0.25, -0.2) is 4.39 Å². The second kappa shape index (κ2) is 6.23. The first-order valence-electron chi connectivity index (χ1n) is 5.62. The molecule has 0 aliphatic heterocycles. The fourth-order valence-electron chi connectivity index (χ4n) is 1.85. The van der Waals surface area contributed by atoms with Gasteiger partial charge in [0.15, 0.2) is 0 Å².